The molecule has 1 amide bonds. The molecule has 0 unspecified atom stereocenters. The molecule has 0 atom stereocenters. The van der Waals surface area contributed by atoms with Gasteiger partial charge in [0.25, 0.3) is 5.91 Å². The summed E-state index contributed by atoms with van der Waals surface area (Å²) >= 11 is 6.07. The van der Waals surface area contributed by atoms with E-state index in [2.05, 4.69) is 15.6 Å². The van der Waals surface area contributed by atoms with E-state index in [4.69, 9.17) is 16.3 Å². The zero-order valence-electron chi connectivity index (χ0n) is 15.9. The SMILES string of the molecule is CCn1c(C(=O)Nc2ccc(NCCCOC)nc2)cc2cc(Cl)ccc21.Cl. The van der Waals surface area contributed by atoms with Crippen LogP contribution >= 0.6 is 24.0 Å². The number of carbonyl (C=O) groups excluding carboxylic acids is 1. The van der Waals surface area contributed by atoms with Crippen molar-refractivity contribution in [3.8, 4) is 0 Å². The van der Waals surface area contributed by atoms with Crippen LogP contribution < -0.4 is 10.6 Å². The fourth-order valence-electron chi connectivity index (χ4n) is 2.97. The molecule has 0 aliphatic rings. The standard InChI is InChI=1S/C20H23ClN4O2.ClH/c1-3-25-17-7-5-15(21)11-14(17)12-18(25)20(26)24-16-6-8-19(23-13-16)22-9-4-10-27-2;/h5-8,11-13H,3-4,9-10H2,1-2H3,(H,22,23)(H,24,26);1H. The molecule has 8 heteroatoms. The van der Waals surface area contributed by atoms with Gasteiger partial charge in [-0.05, 0) is 49.7 Å². The Kier molecular flexibility index (Phi) is 8.11. The smallest absolute Gasteiger partial charge is 0.272 e. The quantitative estimate of drug-likeness (QED) is 0.509. The largest absolute Gasteiger partial charge is 0.385 e. The first-order valence-electron chi connectivity index (χ1n) is 8.91. The van der Waals surface area contributed by atoms with Crippen molar-refractivity contribution in [3.05, 3.63) is 53.3 Å². The molecule has 6 nitrogen and oxygen atoms in total. The molecule has 0 saturated carbocycles. The fraction of sp³-hybridized carbons (Fsp3) is 0.300. The number of rotatable bonds is 8. The van der Waals surface area contributed by atoms with Gasteiger partial charge in [0.05, 0.1) is 11.9 Å². The Labute approximate surface area is 175 Å². The van der Waals surface area contributed by atoms with Gasteiger partial charge >= 0.3 is 0 Å². The van der Waals surface area contributed by atoms with Crippen molar-refractivity contribution in [1.82, 2.24) is 9.55 Å². The van der Waals surface area contributed by atoms with Crippen molar-refractivity contribution < 1.29 is 9.53 Å². The number of ether oxygens (including phenoxy) is 1. The van der Waals surface area contributed by atoms with Gasteiger partial charge in [0.15, 0.2) is 0 Å². The van der Waals surface area contributed by atoms with E-state index in [1.54, 1.807) is 13.3 Å². The van der Waals surface area contributed by atoms with Gasteiger partial charge in [0.1, 0.15) is 11.5 Å². The number of methoxy groups -OCH3 is 1. The Morgan fingerprint density at radius 2 is 2.07 bits per heavy atom. The minimum atomic E-state index is -0.174. The molecule has 0 spiro atoms. The van der Waals surface area contributed by atoms with Crippen LogP contribution in [0.15, 0.2) is 42.6 Å². The molecule has 150 valence electrons. The number of amides is 1. The van der Waals surface area contributed by atoms with Crippen molar-refractivity contribution in [2.45, 2.75) is 19.9 Å². The average molecular weight is 423 g/mol. The molecule has 2 heterocycles. The fourth-order valence-corrected chi connectivity index (χ4v) is 3.15. The first kappa shape index (κ1) is 22.0. The van der Waals surface area contributed by atoms with E-state index in [-0.39, 0.29) is 18.3 Å². The summed E-state index contributed by atoms with van der Waals surface area (Å²) in [5.74, 6) is 0.591. The van der Waals surface area contributed by atoms with Crippen LogP contribution in [-0.4, -0.2) is 35.7 Å². The van der Waals surface area contributed by atoms with Crippen LogP contribution in [0.4, 0.5) is 11.5 Å². The maximum absolute atomic E-state index is 12.8. The summed E-state index contributed by atoms with van der Waals surface area (Å²) in [4.78, 5) is 17.1. The number of halogens is 2. The van der Waals surface area contributed by atoms with Gasteiger partial charge in [0.2, 0.25) is 0 Å². The highest BCUT2D eigenvalue weighted by Gasteiger charge is 2.15. The number of anilines is 2. The van der Waals surface area contributed by atoms with Gasteiger partial charge in [-0.3, -0.25) is 4.79 Å². The number of benzene rings is 1. The second kappa shape index (κ2) is 10.3. The zero-order chi connectivity index (χ0) is 19.2. The Bertz CT molecular complexity index is 926. The zero-order valence-corrected chi connectivity index (χ0v) is 17.4. The number of carbonyl (C=O) groups is 1. The van der Waals surface area contributed by atoms with Gasteiger partial charge in [0, 0.05) is 42.7 Å². The minimum absolute atomic E-state index is 0. The molecular formula is C20H24Cl2N4O2. The molecule has 0 bridgehead atoms. The second-order valence-corrected chi connectivity index (χ2v) is 6.57. The summed E-state index contributed by atoms with van der Waals surface area (Å²) in [5.41, 5.74) is 2.23. The lowest BCUT2D eigenvalue weighted by molar-refractivity contribution is 0.101. The Balaban J connectivity index is 0.00000280. The predicted molar refractivity (Wildman–Crippen MR) is 117 cm³/mol. The lowest BCUT2D eigenvalue weighted by Gasteiger charge is -2.10. The van der Waals surface area contributed by atoms with Crippen molar-refractivity contribution in [3.63, 3.8) is 0 Å². The van der Waals surface area contributed by atoms with Gasteiger partial charge < -0.3 is 19.9 Å². The topological polar surface area (TPSA) is 68.2 Å². The average Bonchev–Trinajstić information content (AvgIpc) is 3.04. The molecule has 0 radical (unpaired) electrons. The number of nitrogens with zero attached hydrogens (tertiary/aromatic N) is 2. The molecule has 3 aromatic rings. The third kappa shape index (κ3) is 5.16. The lowest BCUT2D eigenvalue weighted by Crippen LogP contribution is -2.16. The van der Waals surface area contributed by atoms with Crippen LogP contribution in [0.2, 0.25) is 5.02 Å². The van der Waals surface area contributed by atoms with Gasteiger partial charge in [-0.1, -0.05) is 11.6 Å². The van der Waals surface area contributed by atoms with Crippen LogP contribution in [0.25, 0.3) is 10.9 Å². The highest BCUT2D eigenvalue weighted by atomic mass is 35.5. The normalized spacial score (nSPS) is 10.5. The molecular weight excluding hydrogens is 399 g/mol. The van der Waals surface area contributed by atoms with Crippen LogP contribution in [0.3, 0.4) is 0 Å². The van der Waals surface area contributed by atoms with E-state index in [1.165, 1.54) is 0 Å². The lowest BCUT2D eigenvalue weighted by atomic mass is 10.2. The van der Waals surface area contributed by atoms with Gasteiger partial charge in [-0.2, -0.15) is 0 Å². The number of hydrogen-bond donors (Lipinski definition) is 2. The first-order chi connectivity index (χ1) is 13.1. The maximum atomic E-state index is 12.8. The first-order valence-corrected chi connectivity index (χ1v) is 9.29. The monoisotopic (exact) mass is 422 g/mol. The molecule has 28 heavy (non-hydrogen) atoms. The molecule has 0 aliphatic heterocycles. The number of aryl methyl sites for hydroxylation is 1. The summed E-state index contributed by atoms with van der Waals surface area (Å²) in [7, 11) is 1.68. The number of pyridine rings is 1. The number of fused-ring (bicyclic) bond motifs is 1. The van der Waals surface area contributed by atoms with Gasteiger partial charge in [-0.25, -0.2) is 4.98 Å². The van der Waals surface area contributed by atoms with Crippen molar-refractivity contribution in [1.29, 1.82) is 0 Å². The van der Waals surface area contributed by atoms with Crippen molar-refractivity contribution >= 4 is 52.3 Å². The number of hydrogen-bond acceptors (Lipinski definition) is 4. The molecule has 0 saturated heterocycles. The third-order valence-electron chi connectivity index (χ3n) is 4.26. The van der Waals surface area contributed by atoms with E-state index < -0.39 is 0 Å². The van der Waals surface area contributed by atoms with E-state index in [0.717, 1.165) is 29.7 Å². The van der Waals surface area contributed by atoms with E-state index in [0.29, 0.717) is 29.6 Å². The van der Waals surface area contributed by atoms with Crippen molar-refractivity contribution in [2.75, 3.05) is 30.9 Å². The van der Waals surface area contributed by atoms with Crippen LogP contribution in [0.1, 0.15) is 23.8 Å². The predicted octanol–water partition coefficient (Wildman–Crippen LogP) is 4.83. The highest BCUT2D eigenvalue weighted by Crippen LogP contribution is 2.24. The van der Waals surface area contributed by atoms with Crippen LogP contribution in [0, 0.1) is 0 Å². The Morgan fingerprint density at radius 1 is 1.25 bits per heavy atom. The number of nitrogens with one attached hydrogen (secondary N) is 2. The molecule has 0 aliphatic carbocycles. The highest BCUT2D eigenvalue weighted by molar-refractivity contribution is 6.31. The summed E-state index contributed by atoms with van der Waals surface area (Å²) in [5, 5.41) is 7.72. The summed E-state index contributed by atoms with van der Waals surface area (Å²) < 4.78 is 6.99. The van der Waals surface area contributed by atoms with E-state index in [1.807, 2.05) is 47.9 Å². The van der Waals surface area contributed by atoms with Gasteiger partial charge in [-0.15, -0.1) is 12.4 Å². The van der Waals surface area contributed by atoms with Crippen LogP contribution in [-0.2, 0) is 11.3 Å². The molecule has 3 rings (SSSR count). The van der Waals surface area contributed by atoms with Crippen molar-refractivity contribution in [2.24, 2.45) is 0 Å². The Hall–Kier alpha value is -2.28. The van der Waals surface area contributed by atoms with E-state index in [9.17, 15) is 4.79 Å². The van der Waals surface area contributed by atoms with Crippen LogP contribution in [0.5, 0.6) is 0 Å². The number of aromatic nitrogens is 2. The molecule has 1 aromatic carbocycles. The summed E-state index contributed by atoms with van der Waals surface area (Å²) in [6.45, 7) is 4.19. The second-order valence-electron chi connectivity index (χ2n) is 6.14. The maximum Gasteiger partial charge on any atom is 0.272 e. The molecule has 2 N–H and O–H groups in total. The third-order valence-corrected chi connectivity index (χ3v) is 4.50. The molecule has 2 aromatic heterocycles. The van der Waals surface area contributed by atoms with E-state index >= 15 is 0 Å². The minimum Gasteiger partial charge on any atom is -0.385 e. The summed E-state index contributed by atoms with van der Waals surface area (Å²) in [6, 6.07) is 11.2. The molecule has 0 fully saturated rings. The summed E-state index contributed by atoms with van der Waals surface area (Å²) in [6.07, 6.45) is 2.55. The Morgan fingerprint density at radius 3 is 2.75 bits per heavy atom.